The standard InChI is InChI=1S/C19H17F3N4O4S/c1-30-16-5-3-2-4-12(16)8-18(27)25-14-6-7-15(17(9-14)31(23,28)29)26-11-13(10-24-26)19(20,21)22/h2-7,9-11H,8H2,1H3,(H,25,27)(H2,23,28,29). The zero-order valence-electron chi connectivity index (χ0n) is 16.1. The Bertz CT molecular complexity index is 1220. The van der Waals surface area contributed by atoms with Crippen molar-refractivity contribution in [1.82, 2.24) is 9.78 Å². The molecule has 0 atom stereocenters. The number of nitrogens with zero attached hydrogens (tertiary/aromatic N) is 2. The molecular weight excluding hydrogens is 437 g/mol. The fraction of sp³-hybridized carbons (Fsp3) is 0.158. The molecule has 0 aliphatic heterocycles. The normalized spacial score (nSPS) is 11.9. The van der Waals surface area contributed by atoms with E-state index < -0.39 is 32.6 Å². The average molecular weight is 454 g/mol. The maximum atomic E-state index is 12.8. The van der Waals surface area contributed by atoms with Gasteiger partial charge in [0.15, 0.2) is 0 Å². The fourth-order valence-corrected chi connectivity index (χ4v) is 3.58. The van der Waals surface area contributed by atoms with Crippen molar-refractivity contribution >= 4 is 21.6 Å². The predicted octanol–water partition coefficient (Wildman–Crippen LogP) is 2.73. The summed E-state index contributed by atoms with van der Waals surface area (Å²) in [5.74, 6) is 0.0495. The highest BCUT2D eigenvalue weighted by molar-refractivity contribution is 7.89. The van der Waals surface area contributed by atoms with Crippen molar-refractivity contribution in [3.63, 3.8) is 0 Å². The highest BCUT2D eigenvalue weighted by atomic mass is 32.2. The Kier molecular flexibility index (Phi) is 6.04. The molecule has 0 aliphatic carbocycles. The van der Waals surface area contributed by atoms with E-state index in [4.69, 9.17) is 9.88 Å². The summed E-state index contributed by atoms with van der Waals surface area (Å²) >= 11 is 0. The van der Waals surface area contributed by atoms with Crippen LogP contribution in [0.25, 0.3) is 5.69 Å². The van der Waals surface area contributed by atoms with Gasteiger partial charge < -0.3 is 10.1 Å². The number of para-hydroxylation sites is 1. The van der Waals surface area contributed by atoms with Crippen molar-refractivity contribution in [3.05, 3.63) is 66.0 Å². The summed E-state index contributed by atoms with van der Waals surface area (Å²) in [7, 11) is -2.88. The first-order valence-electron chi connectivity index (χ1n) is 8.70. The summed E-state index contributed by atoms with van der Waals surface area (Å²) in [5.41, 5.74) is -0.541. The summed E-state index contributed by atoms with van der Waals surface area (Å²) in [6.45, 7) is 0. The van der Waals surface area contributed by atoms with Crippen LogP contribution in [-0.4, -0.2) is 31.2 Å². The van der Waals surface area contributed by atoms with Crippen LogP contribution in [0.15, 0.2) is 59.8 Å². The maximum Gasteiger partial charge on any atom is 0.419 e. The minimum atomic E-state index is -4.65. The molecule has 164 valence electrons. The van der Waals surface area contributed by atoms with Crippen LogP contribution >= 0.6 is 0 Å². The number of benzene rings is 2. The van der Waals surface area contributed by atoms with Crippen molar-refractivity contribution in [1.29, 1.82) is 0 Å². The van der Waals surface area contributed by atoms with Gasteiger partial charge in [-0.05, 0) is 24.3 Å². The number of ether oxygens (including phenoxy) is 1. The Hall–Kier alpha value is -3.38. The third-order valence-corrected chi connectivity index (χ3v) is 5.19. The second-order valence-electron chi connectivity index (χ2n) is 6.44. The van der Waals surface area contributed by atoms with Gasteiger partial charge in [0.05, 0.1) is 31.0 Å². The van der Waals surface area contributed by atoms with Crippen molar-refractivity contribution in [2.75, 3.05) is 12.4 Å². The number of primary sulfonamides is 1. The highest BCUT2D eigenvalue weighted by Gasteiger charge is 2.32. The van der Waals surface area contributed by atoms with Gasteiger partial charge in [-0.1, -0.05) is 18.2 Å². The third kappa shape index (κ3) is 5.22. The summed E-state index contributed by atoms with van der Waals surface area (Å²) in [6, 6.07) is 10.5. The number of sulfonamides is 1. The summed E-state index contributed by atoms with van der Waals surface area (Å²) in [4.78, 5) is 11.9. The molecule has 3 N–H and O–H groups in total. The minimum absolute atomic E-state index is 0.0510. The Labute approximate surface area is 175 Å². The monoisotopic (exact) mass is 454 g/mol. The molecule has 1 amide bonds. The van der Waals surface area contributed by atoms with E-state index in [2.05, 4.69) is 10.4 Å². The molecule has 3 rings (SSSR count). The number of alkyl halides is 3. The lowest BCUT2D eigenvalue weighted by molar-refractivity contribution is -0.137. The quantitative estimate of drug-likeness (QED) is 0.594. The molecule has 12 heteroatoms. The van der Waals surface area contributed by atoms with E-state index in [0.29, 0.717) is 23.7 Å². The number of methoxy groups -OCH3 is 1. The number of anilines is 1. The summed E-state index contributed by atoms with van der Waals surface area (Å²) < 4.78 is 68.5. The molecule has 0 radical (unpaired) electrons. The second-order valence-corrected chi connectivity index (χ2v) is 7.97. The van der Waals surface area contributed by atoms with Crippen molar-refractivity contribution in [3.8, 4) is 11.4 Å². The van der Waals surface area contributed by atoms with Crippen LogP contribution in [0.5, 0.6) is 5.75 Å². The number of hydrogen-bond acceptors (Lipinski definition) is 5. The average Bonchev–Trinajstić information content (AvgIpc) is 3.18. The maximum absolute atomic E-state index is 12.8. The molecule has 0 saturated heterocycles. The van der Waals surface area contributed by atoms with Gasteiger partial charge >= 0.3 is 6.18 Å². The first kappa shape index (κ1) is 22.3. The van der Waals surface area contributed by atoms with Crippen molar-refractivity contribution < 1.29 is 31.1 Å². The van der Waals surface area contributed by atoms with Crippen LogP contribution in [0.2, 0.25) is 0 Å². The van der Waals surface area contributed by atoms with Crippen LogP contribution in [0, 0.1) is 0 Å². The van der Waals surface area contributed by atoms with Gasteiger partial charge in [-0.25, -0.2) is 18.2 Å². The number of hydrogen-bond donors (Lipinski definition) is 2. The summed E-state index contributed by atoms with van der Waals surface area (Å²) in [5, 5.41) is 11.3. The first-order valence-corrected chi connectivity index (χ1v) is 10.2. The molecule has 0 bridgehead atoms. The number of nitrogens with two attached hydrogens (primary N) is 1. The number of carbonyl (C=O) groups excluding carboxylic acids is 1. The Balaban J connectivity index is 1.90. The number of rotatable bonds is 6. The first-order chi connectivity index (χ1) is 14.5. The molecule has 31 heavy (non-hydrogen) atoms. The lowest BCUT2D eigenvalue weighted by atomic mass is 10.1. The molecule has 8 nitrogen and oxygen atoms in total. The molecule has 3 aromatic rings. The molecule has 0 saturated carbocycles. The molecule has 1 heterocycles. The zero-order chi connectivity index (χ0) is 22.8. The molecule has 0 fully saturated rings. The number of aromatic nitrogens is 2. The number of nitrogens with one attached hydrogen (secondary N) is 1. The molecule has 0 spiro atoms. The van der Waals surface area contributed by atoms with E-state index in [-0.39, 0.29) is 17.8 Å². The number of amides is 1. The van der Waals surface area contributed by atoms with Gasteiger partial charge in [0.1, 0.15) is 10.6 Å². The fourth-order valence-electron chi connectivity index (χ4n) is 2.84. The van der Waals surface area contributed by atoms with Gasteiger partial charge in [-0.3, -0.25) is 4.79 Å². The number of carbonyl (C=O) groups is 1. The molecule has 1 aromatic heterocycles. The van der Waals surface area contributed by atoms with Gasteiger partial charge in [-0.2, -0.15) is 18.3 Å². The van der Waals surface area contributed by atoms with Crippen LogP contribution in [-0.2, 0) is 27.4 Å². The van der Waals surface area contributed by atoms with Crippen LogP contribution < -0.4 is 15.2 Å². The Morgan fingerprint density at radius 3 is 2.55 bits per heavy atom. The lowest BCUT2D eigenvalue weighted by Gasteiger charge is -2.12. The second kappa shape index (κ2) is 8.40. The van der Waals surface area contributed by atoms with E-state index in [9.17, 15) is 26.4 Å². The van der Waals surface area contributed by atoms with Gasteiger partial charge in [0.2, 0.25) is 15.9 Å². The Morgan fingerprint density at radius 2 is 1.94 bits per heavy atom. The van der Waals surface area contributed by atoms with E-state index in [1.165, 1.54) is 19.2 Å². The van der Waals surface area contributed by atoms with Gasteiger partial charge in [0, 0.05) is 17.4 Å². The molecular formula is C19H17F3N4O4S. The minimum Gasteiger partial charge on any atom is -0.496 e. The van der Waals surface area contributed by atoms with E-state index >= 15 is 0 Å². The van der Waals surface area contributed by atoms with E-state index in [1.54, 1.807) is 24.3 Å². The lowest BCUT2D eigenvalue weighted by Crippen LogP contribution is -2.18. The van der Waals surface area contributed by atoms with Crippen LogP contribution in [0.4, 0.5) is 18.9 Å². The zero-order valence-corrected chi connectivity index (χ0v) is 16.9. The van der Waals surface area contributed by atoms with E-state index in [0.717, 1.165) is 10.7 Å². The van der Waals surface area contributed by atoms with Gasteiger partial charge in [-0.15, -0.1) is 0 Å². The molecule has 2 aromatic carbocycles. The van der Waals surface area contributed by atoms with Crippen LogP contribution in [0.3, 0.4) is 0 Å². The van der Waals surface area contributed by atoms with Crippen molar-refractivity contribution in [2.24, 2.45) is 5.14 Å². The SMILES string of the molecule is COc1ccccc1CC(=O)Nc1ccc(-n2cc(C(F)(F)F)cn2)c(S(N)(=O)=O)c1. The van der Waals surface area contributed by atoms with E-state index in [1.807, 2.05) is 0 Å². The smallest absolute Gasteiger partial charge is 0.419 e. The highest BCUT2D eigenvalue weighted by Crippen LogP contribution is 2.30. The van der Waals surface area contributed by atoms with Crippen molar-refractivity contribution in [2.45, 2.75) is 17.5 Å². The molecule has 0 unspecified atom stereocenters. The summed E-state index contributed by atoms with van der Waals surface area (Å²) in [6.07, 6.45) is -3.49. The molecule has 0 aliphatic rings. The van der Waals surface area contributed by atoms with Crippen LogP contribution in [0.1, 0.15) is 11.1 Å². The largest absolute Gasteiger partial charge is 0.496 e. The van der Waals surface area contributed by atoms with Gasteiger partial charge in [0.25, 0.3) is 0 Å². The predicted molar refractivity (Wildman–Crippen MR) is 105 cm³/mol. The topological polar surface area (TPSA) is 116 Å². The third-order valence-electron chi connectivity index (χ3n) is 4.25. The Morgan fingerprint density at radius 1 is 1.23 bits per heavy atom. The number of halogens is 3.